The normalized spacial score (nSPS) is 13.7. The van der Waals surface area contributed by atoms with Gasteiger partial charge in [0, 0.05) is 6.54 Å². The zero-order chi connectivity index (χ0) is 16.2. The Bertz CT molecular complexity index is 587. The van der Waals surface area contributed by atoms with Gasteiger partial charge in [0.2, 0.25) is 5.91 Å². The standard InChI is InChI=1S/C15H22N4O2S/c1-4-8-17-14(20)15(2,3)9-21-11-7-5-6-10-12(11)13(16)19-22-18-10/h5-7,18H,4,8-9H2,1-3H3,(H2,16,19)(H,17,20). The summed E-state index contributed by atoms with van der Waals surface area (Å²) < 4.78 is 13.0. The smallest absolute Gasteiger partial charge is 0.229 e. The van der Waals surface area contributed by atoms with E-state index in [0.717, 1.165) is 17.7 Å². The maximum Gasteiger partial charge on any atom is 0.229 e. The molecule has 0 spiro atoms. The van der Waals surface area contributed by atoms with Gasteiger partial charge in [-0.05, 0) is 32.4 Å². The predicted octanol–water partition coefficient (Wildman–Crippen LogP) is 2.31. The van der Waals surface area contributed by atoms with Crippen LogP contribution in [-0.4, -0.2) is 24.9 Å². The highest BCUT2D eigenvalue weighted by Gasteiger charge is 2.29. The number of carbonyl (C=O) groups is 1. The molecule has 1 aromatic carbocycles. The number of nitrogens with two attached hydrogens (primary N) is 1. The molecular formula is C15H22N4O2S. The molecule has 1 aromatic rings. The fourth-order valence-electron chi connectivity index (χ4n) is 1.97. The van der Waals surface area contributed by atoms with E-state index in [1.807, 2.05) is 39.0 Å². The van der Waals surface area contributed by atoms with E-state index in [1.165, 1.54) is 12.1 Å². The average molecular weight is 322 g/mol. The highest BCUT2D eigenvalue weighted by Crippen LogP contribution is 2.33. The van der Waals surface area contributed by atoms with Crippen molar-refractivity contribution in [1.82, 2.24) is 5.32 Å². The van der Waals surface area contributed by atoms with Gasteiger partial charge in [0.05, 0.1) is 28.8 Å². The number of carbonyl (C=O) groups excluding carboxylic acids is 1. The summed E-state index contributed by atoms with van der Waals surface area (Å²) in [5.41, 5.74) is 6.92. The van der Waals surface area contributed by atoms with Crippen molar-refractivity contribution in [2.75, 3.05) is 17.9 Å². The van der Waals surface area contributed by atoms with Crippen LogP contribution in [0.1, 0.15) is 32.8 Å². The number of fused-ring (bicyclic) bond motifs is 1. The molecule has 0 bridgehead atoms. The lowest BCUT2D eigenvalue weighted by Crippen LogP contribution is -2.41. The summed E-state index contributed by atoms with van der Waals surface area (Å²) in [4.78, 5) is 12.1. The molecule has 0 saturated carbocycles. The molecule has 1 amide bonds. The lowest BCUT2D eigenvalue weighted by Gasteiger charge is -2.25. The van der Waals surface area contributed by atoms with Crippen molar-refractivity contribution in [2.45, 2.75) is 27.2 Å². The second-order valence-corrected chi connectivity index (χ2v) is 6.35. The first kappa shape index (κ1) is 16.5. The van der Waals surface area contributed by atoms with E-state index in [1.54, 1.807) is 0 Å². The lowest BCUT2D eigenvalue weighted by molar-refractivity contribution is -0.130. The van der Waals surface area contributed by atoms with E-state index in [2.05, 4.69) is 14.4 Å². The van der Waals surface area contributed by atoms with Crippen molar-refractivity contribution >= 4 is 29.6 Å². The van der Waals surface area contributed by atoms with Gasteiger partial charge < -0.3 is 20.5 Å². The first-order chi connectivity index (χ1) is 10.5. The van der Waals surface area contributed by atoms with E-state index >= 15 is 0 Å². The van der Waals surface area contributed by atoms with Crippen LogP contribution in [0.2, 0.25) is 0 Å². The molecule has 0 unspecified atom stereocenters. The van der Waals surface area contributed by atoms with Crippen LogP contribution in [0, 0.1) is 5.41 Å². The number of amidine groups is 1. The Balaban J connectivity index is 2.09. The van der Waals surface area contributed by atoms with E-state index in [4.69, 9.17) is 10.5 Å². The molecule has 0 aromatic heterocycles. The molecule has 1 heterocycles. The van der Waals surface area contributed by atoms with E-state index in [0.29, 0.717) is 18.1 Å². The van der Waals surface area contributed by atoms with Crippen molar-refractivity contribution in [3.8, 4) is 5.75 Å². The molecule has 4 N–H and O–H groups in total. The lowest BCUT2D eigenvalue weighted by atomic mass is 9.93. The van der Waals surface area contributed by atoms with E-state index < -0.39 is 5.41 Å². The molecule has 0 fully saturated rings. The summed E-state index contributed by atoms with van der Waals surface area (Å²) in [6.07, 6.45) is 0.908. The van der Waals surface area contributed by atoms with Crippen molar-refractivity contribution in [2.24, 2.45) is 15.5 Å². The third-order valence-electron chi connectivity index (χ3n) is 3.32. The topological polar surface area (TPSA) is 88.7 Å². The van der Waals surface area contributed by atoms with Gasteiger partial charge in [0.25, 0.3) is 0 Å². The first-order valence-corrected chi connectivity index (χ1v) is 8.03. The van der Waals surface area contributed by atoms with Crippen LogP contribution in [0.5, 0.6) is 5.75 Å². The molecule has 120 valence electrons. The molecule has 0 saturated heterocycles. The zero-order valence-corrected chi connectivity index (χ0v) is 13.9. The number of hydrogen-bond donors (Lipinski definition) is 3. The largest absolute Gasteiger partial charge is 0.492 e. The molecular weight excluding hydrogens is 300 g/mol. The van der Waals surface area contributed by atoms with Crippen LogP contribution in [0.25, 0.3) is 0 Å². The number of rotatable bonds is 6. The van der Waals surface area contributed by atoms with Crippen LogP contribution >= 0.6 is 12.1 Å². The highest BCUT2D eigenvalue weighted by molar-refractivity contribution is 7.99. The van der Waals surface area contributed by atoms with Gasteiger partial charge in [0.1, 0.15) is 18.2 Å². The summed E-state index contributed by atoms with van der Waals surface area (Å²) in [6.45, 7) is 6.67. The zero-order valence-electron chi connectivity index (χ0n) is 13.1. The monoisotopic (exact) mass is 322 g/mol. The van der Waals surface area contributed by atoms with E-state index in [-0.39, 0.29) is 12.5 Å². The van der Waals surface area contributed by atoms with Gasteiger partial charge in [-0.2, -0.15) is 4.40 Å². The van der Waals surface area contributed by atoms with Crippen LogP contribution in [0.4, 0.5) is 5.69 Å². The molecule has 0 atom stereocenters. The predicted molar refractivity (Wildman–Crippen MR) is 91.0 cm³/mol. The van der Waals surface area contributed by atoms with Crippen LogP contribution in [0.15, 0.2) is 22.6 Å². The molecule has 2 rings (SSSR count). The maximum atomic E-state index is 12.1. The number of benzene rings is 1. The summed E-state index contributed by atoms with van der Waals surface area (Å²) in [5.74, 6) is 1.03. The second kappa shape index (κ2) is 6.91. The number of nitrogens with zero attached hydrogens (tertiary/aromatic N) is 1. The molecule has 7 heteroatoms. The van der Waals surface area contributed by atoms with Gasteiger partial charge in [-0.15, -0.1) is 0 Å². The minimum Gasteiger partial charge on any atom is -0.492 e. The van der Waals surface area contributed by atoms with Crippen molar-refractivity contribution < 1.29 is 9.53 Å². The number of nitrogens with one attached hydrogen (secondary N) is 2. The molecule has 1 aliphatic heterocycles. The maximum absolute atomic E-state index is 12.1. The average Bonchev–Trinajstić information content (AvgIpc) is 2.50. The van der Waals surface area contributed by atoms with Gasteiger partial charge in [-0.1, -0.05) is 13.0 Å². The Morgan fingerprint density at radius 3 is 3.00 bits per heavy atom. The third-order valence-corrected chi connectivity index (χ3v) is 3.92. The first-order valence-electron chi connectivity index (χ1n) is 7.25. The Morgan fingerprint density at radius 1 is 1.50 bits per heavy atom. The number of ether oxygens (including phenoxy) is 1. The van der Waals surface area contributed by atoms with Gasteiger partial charge >= 0.3 is 0 Å². The third kappa shape index (κ3) is 3.65. The summed E-state index contributed by atoms with van der Waals surface area (Å²) >= 11 is 1.19. The van der Waals surface area contributed by atoms with Crippen LogP contribution < -0.4 is 20.5 Å². The van der Waals surface area contributed by atoms with Crippen molar-refractivity contribution in [3.05, 3.63) is 23.8 Å². The van der Waals surface area contributed by atoms with Crippen LogP contribution in [-0.2, 0) is 4.79 Å². The highest BCUT2D eigenvalue weighted by atomic mass is 32.2. The van der Waals surface area contributed by atoms with Gasteiger partial charge in [-0.3, -0.25) is 4.79 Å². The fourth-order valence-corrected chi connectivity index (χ4v) is 2.47. The Kier molecular flexibility index (Phi) is 5.18. The number of hydrogen-bond acceptors (Lipinski definition) is 6. The Hall–Kier alpha value is -1.89. The minimum absolute atomic E-state index is 0.0190. The summed E-state index contributed by atoms with van der Waals surface area (Å²) in [5, 5.41) is 2.90. The second-order valence-electron chi connectivity index (χ2n) is 5.78. The molecule has 6 nitrogen and oxygen atoms in total. The SMILES string of the molecule is CCCNC(=O)C(C)(C)COc1cccc2c1C(N)=NSN2. The van der Waals surface area contributed by atoms with Crippen LogP contribution in [0.3, 0.4) is 0 Å². The van der Waals surface area contributed by atoms with Gasteiger partial charge in [0.15, 0.2) is 0 Å². The van der Waals surface area contributed by atoms with Gasteiger partial charge in [-0.25, -0.2) is 0 Å². The molecule has 0 aliphatic carbocycles. The number of amides is 1. The minimum atomic E-state index is -0.624. The van der Waals surface area contributed by atoms with E-state index in [9.17, 15) is 4.79 Å². The quantitative estimate of drug-likeness (QED) is 0.699. The number of anilines is 1. The summed E-state index contributed by atoms with van der Waals surface area (Å²) in [6, 6.07) is 5.62. The Morgan fingerprint density at radius 2 is 2.27 bits per heavy atom. The van der Waals surface area contributed by atoms with Crippen molar-refractivity contribution in [1.29, 1.82) is 0 Å². The summed E-state index contributed by atoms with van der Waals surface area (Å²) in [7, 11) is 0. The molecule has 22 heavy (non-hydrogen) atoms. The van der Waals surface area contributed by atoms with Crippen molar-refractivity contribution in [3.63, 3.8) is 0 Å². The fraction of sp³-hybridized carbons (Fsp3) is 0.467. The Labute approximate surface area is 135 Å². The molecule has 0 radical (unpaired) electrons. The molecule has 1 aliphatic rings.